The topological polar surface area (TPSA) is 47.6 Å². The maximum Gasteiger partial charge on any atom is 0.244 e. The Labute approximate surface area is 158 Å². The molecule has 0 fully saturated rings. The van der Waals surface area contributed by atoms with Crippen molar-refractivity contribution in [2.24, 2.45) is 0 Å². The number of nitrogens with one attached hydrogen (secondary N) is 1. The first kappa shape index (κ1) is 18.7. The molecule has 1 N–H and O–H groups in total. The van der Waals surface area contributed by atoms with E-state index in [2.05, 4.69) is 17.5 Å². The summed E-state index contributed by atoms with van der Waals surface area (Å²) in [5.74, 6) is 0.608. The third-order valence-corrected chi connectivity index (χ3v) is 4.20. The van der Waals surface area contributed by atoms with Gasteiger partial charge in [0, 0.05) is 12.5 Å². The van der Waals surface area contributed by atoms with Crippen molar-refractivity contribution in [2.75, 3.05) is 0 Å². The third-order valence-electron chi connectivity index (χ3n) is 4.20. The first-order valence-electron chi connectivity index (χ1n) is 8.91. The summed E-state index contributed by atoms with van der Waals surface area (Å²) in [6, 6.07) is 5.68. The number of ether oxygens (including phenoxy) is 2. The average molecular weight is 367 g/mol. The van der Waals surface area contributed by atoms with E-state index in [1.807, 2.05) is 13.0 Å². The van der Waals surface area contributed by atoms with Crippen LogP contribution in [-0.4, -0.2) is 11.9 Å². The average Bonchev–Trinajstić information content (AvgIpc) is 2.67. The van der Waals surface area contributed by atoms with Crippen molar-refractivity contribution in [2.45, 2.75) is 32.2 Å². The zero-order valence-electron chi connectivity index (χ0n) is 15.2. The molecular formula is C22H22FNO3. The van der Waals surface area contributed by atoms with E-state index in [1.165, 1.54) is 30.0 Å². The van der Waals surface area contributed by atoms with Gasteiger partial charge in [-0.3, -0.25) is 4.79 Å². The van der Waals surface area contributed by atoms with Crippen molar-refractivity contribution in [1.82, 2.24) is 5.32 Å². The first-order chi connectivity index (χ1) is 13.1. The SMILES string of the molecule is CC(NC(=O)C=Cc1cccc(F)c1)C1=COC=C(CC2=CC=CCC2)O1. The summed E-state index contributed by atoms with van der Waals surface area (Å²) in [4.78, 5) is 12.1. The van der Waals surface area contributed by atoms with Crippen LogP contribution in [0, 0.1) is 5.82 Å². The van der Waals surface area contributed by atoms with Gasteiger partial charge in [-0.25, -0.2) is 4.39 Å². The third kappa shape index (κ3) is 5.71. The Hall–Kier alpha value is -3.08. The Bertz CT molecular complexity index is 849. The molecular weight excluding hydrogens is 345 g/mol. The van der Waals surface area contributed by atoms with Crippen molar-refractivity contribution in [3.05, 3.63) is 89.6 Å². The second-order valence-corrected chi connectivity index (χ2v) is 6.43. The van der Waals surface area contributed by atoms with Crippen LogP contribution in [0.3, 0.4) is 0 Å². The normalized spacial score (nSPS) is 17.3. The fourth-order valence-corrected chi connectivity index (χ4v) is 2.78. The summed E-state index contributed by atoms with van der Waals surface area (Å²) in [5, 5.41) is 2.81. The molecule has 1 aromatic rings. The zero-order valence-corrected chi connectivity index (χ0v) is 15.2. The van der Waals surface area contributed by atoms with Crippen molar-refractivity contribution in [3.63, 3.8) is 0 Å². The number of hydrogen-bond acceptors (Lipinski definition) is 3. The summed E-state index contributed by atoms with van der Waals surface area (Å²) < 4.78 is 24.4. The number of carbonyl (C=O) groups excluding carboxylic acids is 1. The summed E-state index contributed by atoms with van der Waals surface area (Å²) in [5.41, 5.74) is 1.90. The molecule has 140 valence electrons. The van der Waals surface area contributed by atoms with Gasteiger partial charge < -0.3 is 14.8 Å². The molecule has 0 saturated carbocycles. The van der Waals surface area contributed by atoms with Crippen molar-refractivity contribution in [3.8, 4) is 0 Å². The Balaban J connectivity index is 1.52. The van der Waals surface area contributed by atoms with E-state index >= 15 is 0 Å². The maximum absolute atomic E-state index is 13.2. The second-order valence-electron chi connectivity index (χ2n) is 6.43. The van der Waals surface area contributed by atoms with Crippen molar-refractivity contribution in [1.29, 1.82) is 0 Å². The minimum Gasteiger partial charge on any atom is -0.465 e. The van der Waals surface area contributed by atoms with E-state index in [-0.39, 0.29) is 17.8 Å². The Morgan fingerprint density at radius 1 is 1.37 bits per heavy atom. The van der Waals surface area contributed by atoms with Crippen LogP contribution in [0.1, 0.15) is 31.7 Å². The highest BCUT2D eigenvalue weighted by atomic mass is 19.1. The predicted octanol–water partition coefficient (Wildman–Crippen LogP) is 4.74. The van der Waals surface area contributed by atoms with Crippen LogP contribution >= 0.6 is 0 Å². The van der Waals surface area contributed by atoms with E-state index in [0.29, 0.717) is 23.5 Å². The number of hydrogen-bond donors (Lipinski definition) is 1. The molecule has 1 unspecified atom stereocenters. The molecule has 4 nitrogen and oxygen atoms in total. The zero-order chi connectivity index (χ0) is 19.1. The highest BCUT2D eigenvalue weighted by Gasteiger charge is 2.18. The number of allylic oxidation sites excluding steroid dienone is 4. The lowest BCUT2D eigenvalue weighted by atomic mass is 10.0. The van der Waals surface area contributed by atoms with Crippen LogP contribution in [0.2, 0.25) is 0 Å². The standard InChI is InChI=1S/C22H22FNO3/c1-16(24-22(25)11-10-18-8-5-9-19(23)12-18)21-15-26-14-20(27-21)13-17-6-3-2-4-7-17/h2-3,5-6,8-12,14-16H,4,7,13H2,1H3,(H,24,25). The van der Waals surface area contributed by atoms with Crippen LogP contribution in [0.15, 0.2) is 78.2 Å². The van der Waals surface area contributed by atoms with Crippen molar-refractivity contribution < 1.29 is 18.7 Å². The molecule has 0 bridgehead atoms. The summed E-state index contributed by atoms with van der Waals surface area (Å²) in [7, 11) is 0. The summed E-state index contributed by atoms with van der Waals surface area (Å²) in [6.45, 7) is 1.81. The molecule has 27 heavy (non-hydrogen) atoms. The Morgan fingerprint density at radius 3 is 3.04 bits per heavy atom. The van der Waals surface area contributed by atoms with Gasteiger partial charge in [-0.15, -0.1) is 0 Å². The van der Waals surface area contributed by atoms with E-state index in [4.69, 9.17) is 9.47 Å². The lowest BCUT2D eigenvalue weighted by molar-refractivity contribution is -0.117. The maximum atomic E-state index is 13.2. The van der Waals surface area contributed by atoms with E-state index in [1.54, 1.807) is 24.5 Å². The van der Waals surface area contributed by atoms with Crippen LogP contribution in [0.5, 0.6) is 0 Å². The predicted molar refractivity (Wildman–Crippen MR) is 102 cm³/mol. The van der Waals surface area contributed by atoms with Gasteiger partial charge in [-0.1, -0.05) is 35.9 Å². The first-order valence-corrected chi connectivity index (χ1v) is 8.91. The van der Waals surface area contributed by atoms with Crippen LogP contribution < -0.4 is 5.32 Å². The molecule has 1 aromatic carbocycles. The van der Waals surface area contributed by atoms with Crippen LogP contribution in [0.25, 0.3) is 6.08 Å². The molecule has 1 aliphatic carbocycles. The van der Waals surface area contributed by atoms with E-state index < -0.39 is 0 Å². The molecule has 0 aromatic heterocycles. The number of benzene rings is 1. The summed E-state index contributed by atoms with van der Waals surface area (Å²) in [6.07, 6.45) is 15.0. The van der Waals surface area contributed by atoms with Gasteiger partial charge in [0.2, 0.25) is 5.91 Å². The monoisotopic (exact) mass is 367 g/mol. The Morgan fingerprint density at radius 2 is 2.26 bits per heavy atom. The van der Waals surface area contributed by atoms with E-state index in [0.717, 1.165) is 12.8 Å². The minimum atomic E-state index is -0.362. The lowest BCUT2D eigenvalue weighted by Gasteiger charge is -2.22. The molecule has 0 saturated heterocycles. The van der Waals surface area contributed by atoms with Crippen LogP contribution in [-0.2, 0) is 14.3 Å². The van der Waals surface area contributed by atoms with Gasteiger partial charge in [-0.05, 0) is 43.5 Å². The number of rotatable bonds is 6. The fraction of sp³-hybridized carbons (Fsp3) is 0.227. The second kappa shape index (κ2) is 9.03. The Kier molecular flexibility index (Phi) is 6.26. The number of amides is 1. The minimum absolute atomic E-state index is 0.299. The molecule has 1 amide bonds. The van der Waals surface area contributed by atoms with Gasteiger partial charge in [0.1, 0.15) is 24.1 Å². The molecule has 0 radical (unpaired) electrons. The quantitative estimate of drug-likeness (QED) is 0.739. The highest BCUT2D eigenvalue weighted by Crippen LogP contribution is 2.25. The lowest BCUT2D eigenvalue weighted by Crippen LogP contribution is -2.34. The van der Waals surface area contributed by atoms with Gasteiger partial charge in [0.15, 0.2) is 5.76 Å². The number of carbonyl (C=O) groups is 1. The molecule has 5 heteroatoms. The molecule has 3 rings (SSSR count). The fourth-order valence-electron chi connectivity index (χ4n) is 2.78. The van der Waals surface area contributed by atoms with Gasteiger partial charge in [0.05, 0.1) is 6.04 Å². The summed E-state index contributed by atoms with van der Waals surface area (Å²) >= 11 is 0. The van der Waals surface area contributed by atoms with Gasteiger partial charge in [0.25, 0.3) is 0 Å². The largest absolute Gasteiger partial charge is 0.465 e. The van der Waals surface area contributed by atoms with Crippen molar-refractivity contribution >= 4 is 12.0 Å². The molecule has 0 spiro atoms. The molecule has 2 aliphatic rings. The molecule has 1 aliphatic heterocycles. The smallest absolute Gasteiger partial charge is 0.244 e. The highest BCUT2D eigenvalue weighted by molar-refractivity contribution is 5.92. The molecule has 1 atom stereocenters. The molecule has 1 heterocycles. The van der Waals surface area contributed by atoms with Gasteiger partial charge >= 0.3 is 0 Å². The van der Waals surface area contributed by atoms with E-state index in [9.17, 15) is 9.18 Å². The number of halogens is 1. The van der Waals surface area contributed by atoms with Gasteiger partial charge in [-0.2, -0.15) is 0 Å². The van der Waals surface area contributed by atoms with Crippen LogP contribution in [0.4, 0.5) is 4.39 Å².